The highest BCUT2D eigenvalue weighted by atomic mass is 32.1. The van der Waals surface area contributed by atoms with E-state index in [4.69, 9.17) is 0 Å². The van der Waals surface area contributed by atoms with Crippen molar-refractivity contribution in [1.82, 2.24) is 10.2 Å². The molecule has 4 rings (SSSR count). The third kappa shape index (κ3) is 4.62. The Morgan fingerprint density at radius 2 is 1.47 bits per heavy atom. The maximum Gasteiger partial charge on any atom is 0.253 e. The van der Waals surface area contributed by atoms with Crippen LogP contribution < -0.4 is 4.90 Å². The number of azo groups is 2. The second-order valence-electron chi connectivity index (χ2n) is 7.06. The number of nitrogens with zero attached hydrogens (tertiary/aromatic N) is 8. The fourth-order valence-corrected chi connectivity index (χ4v) is 3.88. The quantitative estimate of drug-likeness (QED) is 0.321. The first-order valence-corrected chi connectivity index (χ1v) is 10.5. The molecular weight excluding hydrogens is 396 g/mol. The Hall–Kier alpha value is -3.33. The van der Waals surface area contributed by atoms with Gasteiger partial charge in [-0.05, 0) is 80.9 Å². The molecule has 9 heteroatoms. The molecule has 8 nitrogen and oxygen atoms in total. The van der Waals surface area contributed by atoms with E-state index in [2.05, 4.69) is 47.3 Å². The van der Waals surface area contributed by atoms with Gasteiger partial charge in [0.1, 0.15) is 0 Å². The molecule has 0 aliphatic carbocycles. The van der Waals surface area contributed by atoms with Crippen LogP contribution in [0.1, 0.15) is 24.0 Å². The van der Waals surface area contributed by atoms with Crippen molar-refractivity contribution < 1.29 is 0 Å². The molecule has 2 heterocycles. The lowest BCUT2D eigenvalue weighted by atomic mass is 10.2. The van der Waals surface area contributed by atoms with Crippen molar-refractivity contribution in [2.45, 2.75) is 26.7 Å². The maximum atomic E-state index is 4.34. The van der Waals surface area contributed by atoms with Crippen molar-refractivity contribution in [1.29, 1.82) is 0 Å². The van der Waals surface area contributed by atoms with Crippen LogP contribution in [0.25, 0.3) is 0 Å². The summed E-state index contributed by atoms with van der Waals surface area (Å²) >= 11 is 1.47. The van der Waals surface area contributed by atoms with Gasteiger partial charge in [0.15, 0.2) is 0 Å². The monoisotopic (exact) mass is 418 g/mol. The summed E-state index contributed by atoms with van der Waals surface area (Å²) in [6.07, 6.45) is 2.41. The first kappa shape index (κ1) is 20.0. The number of aryl methyl sites for hydroxylation is 2. The van der Waals surface area contributed by atoms with Crippen LogP contribution in [0.2, 0.25) is 0 Å². The molecule has 0 bridgehead atoms. The zero-order valence-electron chi connectivity index (χ0n) is 17.0. The summed E-state index contributed by atoms with van der Waals surface area (Å²) in [5, 5.41) is 27.1. The van der Waals surface area contributed by atoms with E-state index in [9.17, 15) is 0 Å². The van der Waals surface area contributed by atoms with E-state index in [1.165, 1.54) is 24.2 Å². The normalized spacial score (nSPS) is 14.3. The molecule has 0 saturated carbocycles. The first-order valence-electron chi connectivity index (χ1n) is 9.72. The molecule has 152 valence electrons. The van der Waals surface area contributed by atoms with Crippen molar-refractivity contribution in [3.8, 4) is 0 Å². The van der Waals surface area contributed by atoms with E-state index in [1.807, 2.05) is 50.2 Å². The van der Waals surface area contributed by atoms with Crippen LogP contribution >= 0.6 is 11.3 Å². The molecule has 0 amide bonds. The molecule has 0 atom stereocenters. The van der Waals surface area contributed by atoms with Crippen LogP contribution in [0.5, 0.6) is 0 Å². The number of aliphatic imine (C=N–C) groups is 1. The molecule has 0 spiro atoms. The topological polar surface area (TPSA) is 90.8 Å². The van der Waals surface area contributed by atoms with Crippen molar-refractivity contribution in [3.63, 3.8) is 0 Å². The average Bonchev–Trinajstić information content (AvgIpc) is 3.44. The van der Waals surface area contributed by atoms with E-state index in [1.54, 1.807) is 0 Å². The lowest BCUT2D eigenvalue weighted by molar-refractivity contribution is 0.925. The van der Waals surface area contributed by atoms with Crippen LogP contribution in [0.4, 0.5) is 33.0 Å². The summed E-state index contributed by atoms with van der Waals surface area (Å²) in [5.41, 5.74) is 5.10. The standard InChI is InChI=1S/C21H22N8S/c1-14-12-16(22-3)6-8-18(14)24-23-17-7-9-19(15(2)13-17)25-26-20-27-28-21(30-20)29-10-4-5-11-29/h6-9,12-13H,3-5,10-11H2,1-2H3/b24-23+,26-25+. The van der Waals surface area contributed by atoms with E-state index >= 15 is 0 Å². The van der Waals surface area contributed by atoms with E-state index in [-0.39, 0.29) is 0 Å². The van der Waals surface area contributed by atoms with Gasteiger partial charge in [-0.25, -0.2) is 0 Å². The lowest BCUT2D eigenvalue weighted by Gasteiger charge is -2.10. The van der Waals surface area contributed by atoms with E-state index in [0.29, 0.717) is 5.13 Å². The molecule has 0 N–H and O–H groups in total. The Morgan fingerprint density at radius 1 is 0.833 bits per heavy atom. The van der Waals surface area contributed by atoms with Crippen LogP contribution in [0, 0.1) is 13.8 Å². The Balaban J connectivity index is 1.45. The van der Waals surface area contributed by atoms with Gasteiger partial charge < -0.3 is 4.90 Å². The molecule has 2 aromatic carbocycles. The lowest BCUT2D eigenvalue weighted by Crippen LogP contribution is -2.17. The fourth-order valence-electron chi connectivity index (χ4n) is 3.16. The Bertz CT molecular complexity index is 1110. The molecule has 30 heavy (non-hydrogen) atoms. The average molecular weight is 419 g/mol. The largest absolute Gasteiger partial charge is 0.347 e. The molecule has 1 aliphatic heterocycles. The molecule has 3 aromatic rings. The third-order valence-corrected chi connectivity index (χ3v) is 5.71. The second-order valence-corrected chi connectivity index (χ2v) is 8.00. The second kappa shape index (κ2) is 9.00. The molecule has 1 aliphatic rings. The van der Waals surface area contributed by atoms with Crippen molar-refractivity contribution in [2.75, 3.05) is 18.0 Å². The summed E-state index contributed by atoms with van der Waals surface area (Å²) in [4.78, 5) is 6.16. The van der Waals surface area contributed by atoms with Gasteiger partial charge in [0.25, 0.3) is 5.13 Å². The summed E-state index contributed by atoms with van der Waals surface area (Å²) in [6, 6.07) is 11.4. The van der Waals surface area contributed by atoms with E-state index in [0.717, 1.165) is 52.1 Å². The molecule has 1 aromatic heterocycles. The summed E-state index contributed by atoms with van der Waals surface area (Å²) in [7, 11) is 0. The Labute approximate surface area is 179 Å². The summed E-state index contributed by atoms with van der Waals surface area (Å²) in [6.45, 7) is 9.56. The predicted octanol–water partition coefficient (Wildman–Crippen LogP) is 6.92. The first-order chi connectivity index (χ1) is 14.6. The minimum Gasteiger partial charge on any atom is -0.347 e. The van der Waals surface area contributed by atoms with Gasteiger partial charge in [0.2, 0.25) is 5.13 Å². The smallest absolute Gasteiger partial charge is 0.253 e. The number of rotatable bonds is 6. The van der Waals surface area contributed by atoms with E-state index < -0.39 is 0 Å². The van der Waals surface area contributed by atoms with Crippen LogP contribution in [-0.2, 0) is 0 Å². The van der Waals surface area contributed by atoms with Gasteiger partial charge in [-0.2, -0.15) is 10.2 Å². The molecule has 1 fully saturated rings. The predicted molar refractivity (Wildman–Crippen MR) is 121 cm³/mol. The number of hydrogen-bond donors (Lipinski definition) is 0. The van der Waals surface area contributed by atoms with Gasteiger partial charge in [-0.3, -0.25) is 4.99 Å². The highest BCUT2D eigenvalue weighted by molar-refractivity contribution is 7.18. The highest BCUT2D eigenvalue weighted by Crippen LogP contribution is 2.32. The van der Waals surface area contributed by atoms with Gasteiger partial charge >= 0.3 is 0 Å². The summed E-state index contributed by atoms with van der Waals surface area (Å²) < 4.78 is 0. The highest BCUT2D eigenvalue weighted by Gasteiger charge is 2.16. The number of benzene rings is 2. The van der Waals surface area contributed by atoms with Crippen molar-refractivity contribution in [2.24, 2.45) is 25.4 Å². The minimum absolute atomic E-state index is 0.563. The SMILES string of the molecule is C=Nc1ccc(/N=N/c2ccc(/N=N/c3nnc(N4CCCC4)s3)c(C)c2)c(C)c1. The maximum absolute atomic E-state index is 4.34. The molecule has 0 unspecified atom stereocenters. The van der Waals surface area contributed by atoms with Crippen molar-refractivity contribution in [3.05, 3.63) is 47.5 Å². The number of aromatic nitrogens is 2. The van der Waals surface area contributed by atoms with Crippen LogP contribution in [0.15, 0.2) is 61.8 Å². The van der Waals surface area contributed by atoms with Gasteiger partial charge in [0.05, 0.1) is 22.7 Å². The summed E-state index contributed by atoms with van der Waals surface area (Å²) in [5.74, 6) is 0. The number of hydrogen-bond acceptors (Lipinski definition) is 9. The van der Waals surface area contributed by atoms with Gasteiger partial charge in [-0.1, -0.05) is 11.3 Å². The minimum atomic E-state index is 0.563. The zero-order valence-corrected chi connectivity index (χ0v) is 17.8. The third-order valence-electron chi connectivity index (χ3n) is 4.84. The molecule has 1 saturated heterocycles. The zero-order chi connectivity index (χ0) is 20.9. The Morgan fingerprint density at radius 3 is 2.13 bits per heavy atom. The Kier molecular flexibility index (Phi) is 5.99. The van der Waals surface area contributed by atoms with Crippen LogP contribution in [0.3, 0.4) is 0 Å². The van der Waals surface area contributed by atoms with Gasteiger partial charge in [-0.15, -0.1) is 20.4 Å². The van der Waals surface area contributed by atoms with Crippen LogP contribution in [-0.4, -0.2) is 30.0 Å². The molecule has 0 radical (unpaired) electrons. The number of anilines is 1. The fraction of sp³-hybridized carbons (Fsp3) is 0.286. The molecular formula is C21H22N8S. The van der Waals surface area contributed by atoms with Gasteiger partial charge in [0, 0.05) is 13.1 Å². The van der Waals surface area contributed by atoms with Crippen molar-refractivity contribution >= 4 is 51.1 Å².